The fraction of sp³-hybridized carbons (Fsp3) is 0.364. The summed E-state index contributed by atoms with van der Waals surface area (Å²) < 4.78 is 0. The molecule has 86 valence electrons. The monoisotopic (exact) mass is 241 g/mol. The third-order valence-corrected chi connectivity index (χ3v) is 3.08. The molecule has 0 spiro atoms. The average molecular weight is 242 g/mol. The van der Waals surface area contributed by atoms with Crippen LogP contribution >= 0.6 is 11.6 Å². The number of halogens is 1. The summed E-state index contributed by atoms with van der Waals surface area (Å²) in [4.78, 5) is 10.5. The van der Waals surface area contributed by atoms with Gasteiger partial charge in [-0.1, -0.05) is 17.7 Å². The van der Waals surface area contributed by atoms with Crippen LogP contribution in [0.2, 0.25) is 5.02 Å². The molecule has 16 heavy (non-hydrogen) atoms. The number of aliphatic hydroxyl groups excluding tert-OH is 1. The van der Waals surface area contributed by atoms with Crippen LogP contribution in [0.3, 0.4) is 0 Å². The van der Waals surface area contributed by atoms with E-state index in [9.17, 15) is 9.90 Å². The minimum atomic E-state index is -1.12. The molecule has 1 aromatic rings. The molecule has 0 saturated carbocycles. The molecular weight excluding hydrogens is 230 g/mol. The second-order valence-corrected chi connectivity index (χ2v) is 4.32. The minimum absolute atomic E-state index is 0.455. The van der Waals surface area contributed by atoms with Crippen LogP contribution in [0, 0.1) is 0 Å². The summed E-state index contributed by atoms with van der Waals surface area (Å²) in [5.74, 6) is 0. The number of aliphatic hydroxyl groups is 1. The van der Waals surface area contributed by atoms with E-state index in [2.05, 4.69) is 5.32 Å². The summed E-state index contributed by atoms with van der Waals surface area (Å²) in [6, 6.07) is 4.89. The van der Waals surface area contributed by atoms with E-state index < -0.39 is 18.2 Å². The Balaban J connectivity index is 2.26. The molecular formula is C11H12ClNO3. The Kier molecular flexibility index (Phi) is 3.03. The molecule has 0 unspecified atom stereocenters. The van der Waals surface area contributed by atoms with Crippen molar-refractivity contribution in [3.8, 4) is 0 Å². The lowest BCUT2D eigenvalue weighted by atomic mass is 9.86. The summed E-state index contributed by atoms with van der Waals surface area (Å²) in [6.07, 6.45) is -0.593. The maximum Gasteiger partial charge on any atom is 0.404 e. The Morgan fingerprint density at radius 3 is 2.94 bits per heavy atom. The van der Waals surface area contributed by atoms with Crippen LogP contribution in [0.1, 0.15) is 23.7 Å². The standard InChI is InChI=1S/C11H12ClNO3/c12-7-3-1-6-2-4-9(13-11(15)16)10(14)8(6)5-7/h1,3,5,9-10,13-14H,2,4H2,(H,15,16)/t9-,10+/m1/s1. The second kappa shape index (κ2) is 4.31. The molecule has 1 amide bonds. The van der Waals surface area contributed by atoms with Gasteiger partial charge in [0.25, 0.3) is 0 Å². The molecule has 0 aromatic heterocycles. The van der Waals surface area contributed by atoms with Crippen molar-refractivity contribution in [3.05, 3.63) is 34.3 Å². The Labute approximate surface area is 97.9 Å². The zero-order valence-corrected chi connectivity index (χ0v) is 9.24. The van der Waals surface area contributed by atoms with Gasteiger partial charge in [0.05, 0.1) is 12.1 Å². The van der Waals surface area contributed by atoms with Crippen molar-refractivity contribution in [2.75, 3.05) is 0 Å². The van der Waals surface area contributed by atoms with Crippen molar-refractivity contribution in [2.24, 2.45) is 0 Å². The Morgan fingerprint density at radius 1 is 1.50 bits per heavy atom. The van der Waals surface area contributed by atoms with Crippen molar-refractivity contribution >= 4 is 17.7 Å². The van der Waals surface area contributed by atoms with Crippen LogP contribution in [-0.4, -0.2) is 22.3 Å². The van der Waals surface area contributed by atoms with E-state index in [4.69, 9.17) is 16.7 Å². The zero-order chi connectivity index (χ0) is 11.7. The van der Waals surface area contributed by atoms with Gasteiger partial charge in [-0.2, -0.15) is 0 Å². The van der Waals surface area contributed by atoms with Gasteiger partial charge in [0, 0.05) is 5.02 Å². The quantitative estimate of drug-likeness (QED) is 0.704. The first-order valence-electron chi connectivity index (χ1n) is 5.04. The van der Waals surface area contributed by atoms with Crippen molar-refractivity contribution in [1.82, 2.24) is 5.32 Å². The molecule has 0 fully saturated rings. The Morgan fingerprint density at radius 2 is 2.25 bits per heavy atom. The molecule has 1 aromatic carbocycles. The number of aryl methyl sites for hydroxylation is 1. The molecule has 4 nitrogen and oxygen atoms in total. The van der Waals surface area contributed by atoms with Crippen LogP contribution < -0.4 is 5.32 Å². The van der Waals surface area contributed by atoms with Crippen molar-refractivity contribution < 1.29 is 15.0 Å². The molecule has 5 heteroatoms. The summed E-state index contributed by atoms with van der Waals surface area (Å²) in [5.41, 5.74) is 1.75. The topological polar surface area (TPSA) is 69.6 Å². The number of benzene rings is 1. The third-order valence-electron chi connectivity index (χ3n) is 2.84. The third kappa shape index (κ3) is 2.13. The first-order chi connectivity index (χ1) is 7.58. The van der Waals surface area contributed by atoms with Crippen molar-refractivity contribution in [3.63, 3.8) is 0 Å². The van der Waals surface area contributed by atoms with Gasteiger partial charge in [0.15, 0.2) is 0 Å². The largest absolute Gasteiger partial charge is 0.465 e. The van der Waals surface area contributed by atoms with Crippen LogP contribution in [0.4, 0.5) is 4.79 Å². The number of rotatable bonds is 1. The lowest BCUT2D eigenvalue weighted by Crippen LogP contribution is -2.41. The number of carbonyl (C=O) groups is 1. The number of nitrogens with one attached hydrogen (secondary N) is 1. The first-order valence-corrected chi connectivity index (χ1v) is 5.41. The highest BCUT2D eigenvalue weighted by Crippen LogP contribution is 2.31. The average Bonchev–Trinajstić information content (AvgIpc) is 2.22. The van der Waals surface area contributed by atoms with Crippen LogP contribution in [0.15, 0.2) is 18.2 Å². The molecule has 0 bridgehead atoms. The van der Waals surface area contributed by atoms with Gasteiger partial charge in [-0.25, -0.2) is 4.79 Å². The fourth-order valence-electron chi connectivity index (χ4n) is 2.06. The molecule has 3 N–H and O–H groups in total. The van der Waals surface area contributed by atoms with Gasteiger partial charge in [-0.05, 0) is 36.1 Å². The number of amides is 1. The second-order valence-electron chi connectivity index (χ2n) is 3.88. The number of carboxylic acid groups (broad SMARTS) is 1. The molecule has 0 heterocycles. The maximum atomic E-state index is 10.5. The van der Waals surface area contributed by atoms with E-state index in [-0.39, 0.29) is 0 Å². The molecule has 1 aliphatic rings. The van der Waals surface area contributed by atoms with Crippen molar-refractivity contribution in [2.45, 2.75) is 25.0 Å². The highest BCUT2D eigenvalue weighted by atomic mass is 35.5. The summed E-state index contributed by atoms with van der Waals surface area (Å²) >= 11 is 5.85. The van der Waals surface area contributed by atoms with E-state index in [1.165, 1.54) is 0 Å². The Bertz CT molecular complexity index is 422. The molecule has 2 rings (SSSR count). The number of hydrogen-bond donors (Lipinski definition) is 3. The molecule has 0 saturated heterocycles. The predicted molar refractivity (Wildman–Crippen MR) is 59.7 cm³/mol. The fourth-order valence-corrected chi connectivity index (χ4v) is 2.24. The lowest BCUT2D eigenvalue weighted by Gasteiger charge is -2.29. The van der Waals surface area contributed by atoms with Gasteiger partial charge >= 0.3 is 6.09 Å². The smallest absolute Gasteiger partial charge is 0.404 e. The summed E-state index contributed by atoms with van der Waals surface area (Å²) in [5, 5.41) is 21.5. The summed E-state index contributed by atoms with van der Waals surface area (Å²) in [7, 11) is 0. The van der Waals surface area contributed by atoms with Crippen LogP contribution in [0.25, 0.3) is 0 Å². The lowest BCUT2D eigenvalue weighted by molar-refractivity contribution is 0.109. The molecule has 1 aliphatic carbocycles. The van der Waals surface area contributed by atoms with E-state index in [1.54, 1.807) is 12.1 Å². The van der Waals surface area contributed by atoms with E-state index in [0.717, 1.165) is 17.5 Å². The minimum Gasteiger partial charge on any atom is -0.465 e. The molecule has 2 atom stereocenters. The number of hydrogen-bond acceptors (Lipinski definition) is 2. The van der Waals surface area contributed by atoms with E-state index in [0.29, 0.717) is 11.4 Å². The molecule has 0 radical (unpaired) electrons. The van der Waals surface area contributed by atoms with Crippen LogP contribution in [0.5, 0.6) is 0 Å². The first kappa shape index (κ1) is 11.2. The van der Waals surface area contributed by atoms with E-state index in [1.807, 2.05) is 6.07 Å². The SMILES string of the molecule is O=C(O)N[C@@H]1CCc2ccc(Cl)cc2[C@@H]1O. The van der Waals surface area contributed by atoms with Gasteiger partial charge in [-0.3, -0.25) is 0 Å². The van der Waals surface area contributed by atoms with Crippen molar-refractivity contribution in [1.29, 1.82) is 0 Å². The van der Waals surface area contributed by atoms with Gasteiger partial charge in [0.2, 0.25) is 0 Å². The highest BCUT2D eigenvalue weighted by molar-refractivity contribution is 6.30. The molecule has 0 aliphatic heterocycles. The zero-order valence-electron chi connectivity index (χ0n) is 8.48. The number of fused-ring (bicyclic) bond motifs is 1. The normalized spacial score (nSPS) is 23.6. The Hall–Kier alpha value is -1.26. The van der Waals surface area contributed by atoms with Crippen LogP contribution in [-0.2, 0) is 6.42 Å². The van der Waals surface area contributed by atoms with E-state index >= 15 is 0 Å². The predicted octanol–water partition coefficient (Wildman–Crippen LogP) is 1.96. The summed E-state index contributed by atoms with van der Waals surface area (Å²) in [6.45, 7) is 0. The highest BCUT2D eigenvalue weighted by Gasteiger charge is 2.29. The van der Waals surface area contributed by atoms with Gasteiger partial charge < -0.3 is 15.5 Å². The van der Waals surface area contributed by atoms with Gasteiger partial charge in [0.1, 0.15) is 0 Å². The van der Waals surface area contributed by atoms with Gasteiger partial charge in [-0.15, -0.1) is 0 Å². The maximum absolute atomic E-state index is 10.5.